The van der Waals surface area contributed by atoms with Crippen LogP contribution in [0.15, 0.2) is 36.4 Å². The average Bonchev–Trinajstić information content (AvgIpc) is 2.29. The topological polar surface area (TPSA) is 35.5 Å². The third kappa shape index (κ3) is 3.59. The van der Waals surface area contributed by atoms with Crippen LogP contribution < -0.4 is 4.74 Å². The first kappa shape index (κ1) is 12.6. The third-order valence-electron chi connectivity index (χ3n) is 2.03. The van der Waals surface area contributed by atoms with Gasteiger partial charge in [0.2, 0.25) is 0 Å². The van der Waals surface area contributed by atoms with Gasteiger partial charge < -0.3 is 9.47 Å². The van der Waals surface area contributed by atoms with Gasteiger partial charge in [0.05, 0.1) is 7.11 Å². The van der Waals surface area contributed by atoms with E-state index in [0.717, 1.165) is 11.3 Å². The van der Waals surface area contributed by atoms with Crippen LogP contribution in [0.1, 0.15) is 5.56 Å². The van der Waals surface area contributed by atoms with Crippen LogP contribution in [-0.2, 0) is 16.0 Å². The summed E-state index contributed by atoms with van der Waals surface area (Å²) < 4.78 is 9.71. The first-order valence-corrected chi connectivity index (χ1v) is 5.24. The van der Waals surface area contributed by atoms with Gasteiger partial charge in [0.25, 0.3) is 0 Å². The van der Waals surface area contributed by atoms with Gasteiger partial charge in [0.15, 0.2) is 6.07 Å². The second-order valence-corrected chi connectivity index (χ2v) is 3.39. The van der Waals surface area contributed by atoms with Crippen molar-refractivity contribution in [3.8, 4) is 5.75 Å². The summed E-state index contributed by atoms with van der Waals surface area (Å²) in [5.74, 6) is 0.272. The number of methoxy groups -OCH3 is 1. The van der Waals surface area contributed by atoms with Crippen molar-refractivity contribution in [1.29, 1.82) is 0 Å². The number of esters is 1. The maximum atomic E-state index is 11.3. The van der Waals surface area contributed by atoms with E-state index in [1.165, 1.54) is 0 Å². The minimum Gasteiger partial charge on any atom is -0.497 e. The van der Waals surface area contributed by atoms with Gasteiger partial charge in [-0.25, -0.2) is 4.79 Å². The molecule has 0 N–H and O–H groups in total. The lowest BCUT2D eigenvalue weighted by atomic mass is 10.1. The number of carbonyl (C=O) groups is 1. The Labute approximate surface area is 99.6 Å². The number of carbonyl (C=O) groups excluding carboxylic acids is 1. The van der Waals surface area contributed by atoms with E-state index in [1.54, 1.807) is 7.11 Å². The molecule has 0 unspecified atom stereocenters. The van der Waals surface area contributed by atoms with Crippen LogP contribution in [0.4, 0.5) is 0 Å². The molecule has 16 heavy (non-hydrogen) atoms. The van der Waals surface area contributed by atoms with Crippen LogP contribution in [0, 0.1) is 0 Å². The van der Waals surface area contributed by atoms with Crippen LogP contribution in [0.2, 0.25) is 0 Å². The van der Waals surface area contributed by atoms with Crippen LogP contribution in [-0.4, -0.2) is 19.1 Å². The fourth-order valence-electron chi connectivity index (χ4n) is 1.25. The predicted octanol–water partition coefficient (Wildman–Crippen LogP) is 2.53. The first-order chi connectivity index (χ1) is 7.67. The van der Waals surface area contributed by atoms with Crippen molar-refractivity contribution in [2.45, 2.75) is 6.42 Å². The number of ether oxygens (including phenoxy) is 2. The number of rotatable bonds is 5. The van der Waals surface area contributed by atoms with Gasteiger partial charge in [0.1, 0.15) is 5.75 Å². The number of hydrogen-bond donors (Lipinski definition) is 0. The maximum Gasteiger partial charge on any atom is 0.334 e. The molecule has 0 aliphatic carbocycles. The van der Waals surface area contributed by atoms with E-state index in [-0.39, 0.29) is 6.07 Å². The summed E-state index contributed by atoms with van der Waals surface area (Å²) in [6.45, 7) is 3.65. The van der Waals surface area contributed by atoms with Crippen LogP contribution in [0.25, 0.3) is 0 Å². The van der Waals surface area contributed by atoms with E-state index in [2.05, 4.69) is 11.3 Å². The smallest absolute Gasteiger partial charge is 0.334 e. The molecule has 0 aliphatic heterocycles. The van der Waals surface area contributed by atoms with Crippen molar-refractivity contribution in [3.05, 3.63) is 42.0 Å². The highest BCUT2D eigenvalue weighted by molar-refractivity contribution is 6.17. The number of halogens is 1. The minimum atomic E-state index is -0.474. The van der Waals surface area contributed by atoms with Crippen molar-refractivity contribution in [1.82, 2.24) is 0 Å². The van der Waals surface area contributed by atoms with Gasteiger partial charge in [-0.1, -0.05) is 30.3 Å². The zero-order valence-corrected chi connectivity index (χ0v) is 9.79. The van der Waals surface area contributed by atoms with Gasteiger partial charge in [0, 0.05) is 12.0 Å². The van der Waals surface area contributed by atoms with Crippen LogP contribution in [0.3, 0.4) is 0 Å². The SMILES string of the molecule is C=C(Cc1cccc(OC)c1)C(=O)OCCl. The Morgan fingerprint density at radius 1 is 1.50 bits per heavy atom. The lowest BCUT2D eigenvalue weighted by molar-refractivity contribution is -0.137. The molecule has 0 aliphatic rings. The van der Waals surface area contributed by atoms with Gasteiger partial charge >= 0.3 is 5.97 Å². The molecule has 0 spiro atoms. The van der Waals surface area contributed by atoms with E-state index >= 15 is 0 Å². The highest BCUT2D eigenvalue weighted by Crippen LogP contribution is 2.15. The standard InChI is InChI=1S/C12H13ClO3/c1-9(12(14)16-8-13)6-10-4-3-5-11(7-10)15-2/h3-5,7H,1,6,8H2,2H3. The molecular formula is C12H13ClO3. The molecule has 4 heteroatoms. The molecule has 1 rings (SSSR count). The molecule has 1 aromatic carbocycles. The quantitative estimate of drug-likeness (QED) is 0.451. The lowest BCUT2D eigenvalue weighted by Gasteiger charge is -2.06. The molecule has 3 nitrogen and oxygen atoms in total. The summed E-state index contributed by atoms with van der Waals surface area (Å²) >= 11 is 5.29. The van der Waals surface area contributed by atoms with Crippen molar-refractivity contribution in [2.24, 2.45) is 0 Å². The molecule has 86 valence electrons. The molecule has 0 saturated carbocycles. The zero-order valence-electron chi connectivity index (χ0n) is 9.03. The van der Waals surface area contributed by atoms with Gasteiger partial charge in [-0.2, -0.15) is 0 Å². The zero-order chi connectivity index (χ0) is 12.0. The van der Waals surface area contributed by atoms with E-state index in [4.69, 9.17) is 16.3 Å². The summed E-state index contributed by atoms with van der Waals surface area (Å²) in [6, 6.07) is 7.27. The van der Waals surface area contributed by atoms with Gasteiger partial charge in [-0.3, -0.25) is 0 Å². The normalized spacial score (nSPS) is 9.62. The summed E-state index contributed by atoms with van der Waals surface area (Å²) in [6.07, 6.45) is 0.424. The van der Waals surface area contributed by atoms with Crippen LogP contribution in [0.5, 0.6) is 5.75 Å². The second kappa shape index (κ2) is 6.18. The largest absolute Gasteiger partial charge is 0.497 e. The average molecular weight is 241 g/mol. The van der Waals surface area contributed by atoms with E-state index < -0.39 is 5.97 Å². The van der Waals surface area contributed by atoms with E-state index in [0.29, 0.717) is 12.0 Å². The van der Waals surface area contributed by atoms with Gasteiger partial charge in [-0.15, -0.1) is 0 Å². The molecule has 0 bridgehead atoms. The third-order valence-corrected chi connectivity index (χ3v) is 2.14. The molecule has 0 fully saturated rings. The number of alkyl halides is 1. The summed E-state index contributed by atoms with van der Waals surface area (Å²) in [5, 5.41) is 0. The fraction of sp³-hybridized carbons (Fsp3) is 0.250. The van der Waals surface area contributed by atoms with Gasteiger partial charge in [-0.05, 0) is 17.7 Å². The number of hydrogen-bond acceptors (Lipinski definition) is 3. The van der Waals surface area contributed by atoms with Crippen LogP contribution >= 0.6 is 11.6 Å². The number of benzene rings is 1. The van der Waals surface area contributed by atoms with E-state index in [1.807, 2.05) is 24.3 Å². The molecular weight excluding hydrogens is 228 g/mol. The molecule has 0 amide bonds. The Morgan fingerprint density at radius 2 is 2.25 bits per heavy atom. The molecule has 0 aromatic heterocycles. The predicted molar refractivity (Wildman–Crippen MR) is 62.7 cm³/mol. The second-order valence-electron chi connectivity index (χ2n) is 3.17. The summed E-state index contributed by atoms with van der Waals surface area (Å²) in [7, 11) is 1.59. The lowest BCUT2D eigenvalue weighted by Crippen LogP contribution is -2.08. The molecule has 0 radical (unpaired) electrons. The molecule has 0 saturated heterocycles. The Morgan fingerprint density at radius 3 is 2.88 bits per heavy atom. The van der Waals surface area contributed by atoms with E-state index in [9.17, 15) is 4.79 Å². The molecule has 0 atom stereocenters. The Kier molecular flexibility index (Phi) is 4.86. The van der Waals surface area contributed by atoms with Crippen molar-refractivity contribution < 1.29 is 14.3 Å². The Balaban J connectivity index is 2.65. The first-order valence-electron chi connectivity index (χ1n) is 4.71. The Bertz CT molecular complexity index is 388. The van der Waals surface area contributed by atoms with Crippen molar-refractivity contribution in [2.75, 3.05) is 13.2 Å². The van der Waals surface area contributed by atoms with Crippen molar-refractivity contribution >= 4 is 17.6 Å². The summed E-state index contributed by atoms with van der Waals surface area (Å²) in [4.78, 5) is 11.3. The molecule has 1 aromatic rings. The fourth-order valence-corrected chi connectivity index (χ4v) is 1.35. The maximum absolute atomic E-state index is 11.3. The highest BCUT2D eigenvalue weighted by Gasteiger charge is 2.09. The highest BCUT2D eigenvalue weighted by atomic mass is 35.5. The monoisotopic (exact) mass is 240 g/mol. The Hall–Kier alpha value is -1.48. The van der Waals surface area contributed by atoms with Crippen molar-refractivity contribution in [3.63, 3.8) is 0 Å². The summed E-state index contributed by atoms with van der Waals surface area (Å²) in [5.41, 5.74) is 1.31. The molecule has 0 heterocycles. The minimum absolute atomic E-state index is 0.157.